The molecular formula is C24H30F2N4. The molecule has 0 radical (unpaired) electrons. The number of hydrogen-bond acceptors (Lipinski definition) is 3. The van der Waals surface area contributed by atoms with E-state index in [2.05, 4.69) is 27.2 Å². The van der Waals surface area contributed by atoms with Crippen molar-refractivity contribution in [3.63, 3.8) is 0 Å². The monoisotopic (exact) mass is 412 g/mol. The first-order valence-electron chi connectivity index (χ1n) is 10.6. The molecule has 0 aliphatic carbocycles. The van der Waals surface area contributed by atoms with Gasteiger partial charge >= 0.3 is 0 Å². The molecule has 3 rings (SSSR count). The summed E-state index contributed by atoms with van der Waals surface area (Å²) in [6, 6.07) is 6.92. The van der Waals surface area contributed by atoms with Gasteiger partial charge in [-0.3, -0.25) is 9.98 Å². The minimum absolute atomic E-state index is 0.266. The molecule has 0 spiro atoms. The molecule has 160 valence electrons. The lowest BCUT2D eigenvalue weighted by atomic mass is 10.0. The molecular weight excluding hydrogens is 382 g/mol. The summed E-state index contributed by atoms with van der Waals surface area (Å²) in [7, 11) is 2.11. The third-order valence-corrected chi connectivity index (χ3v) is 5.34. The average Bonchev–Trinajstić information content (AvgIpc) is 2.74. The molecule has 0 atom stereocenters. The van der Waals surface area contributed by atoms with Crippen LogP contribution in [0.2, 0.25) is 0 Å². The van der Waals surface area contributed by atoms with Crippen molar-refractivity contribution in [2.75, 3.05) is 20.1 Å². The van der Waals surface area contributed by atoms with Crippen LogP contribution in [0.4, 0.5) is 8.78 Å². The van der Waals surface area contributed by atoms with Crippen molar-refractivity contribution >= 4 is 22.3 Å². The van der Waals surface area contributed by atoms with Crippen molar-refractivity contribution in [2.45, 2.75) is 45.6 Å². The molecule has 0 saturated carbocycles. The van der Waals surface area contributed by atoms with Crippen LogP contribution in [0.25, 0.3) is 16.5 Å². The molecule has 0 bridgehead atoms. The summed E-state index contributed by atoms with van der Waals surface area (Å²) in [5.41, 5.74) is 1.17. The Bertz CT molecular complexity index is 957. The van der Waals surface area contributed by atoms with Gasteiger partial charge in [0.2, 0.25) is 0 Å². The van der Waals surface area contributed by atoms with Gasteiger partial charge in [-0.2, -0.15) is 0 Å². The molecule has 4 nitrogen and oxygen atoms in total. The highest BCUT2D eigenvalue weighted by atomic mass is 19.1. The van der Waals surface area contributed by atoms with Crippen molar-refractivity contribution in [1.29, 1.82) is 0 Å². The molecule has 6 heteroatoms. The van der Waals surface area contributed by atoms with E-state index in [4.69, 9.17) is 0 Å². The van der Waals surface area contributed by atoms with Gasteiger partial charge < -0.3 is 10.2 Å². The minimum Gasteiger partial charge on any atom is -0.348 e. The molecule has 1 aromatic heterocycles. The highest BCUT2D eigenvalue weighted by molar-refractivity contribution is 5.87. The van der Waals surface area contributed by atoms with Crippen LogP contribution in [0.3, 0.4) is 0 Å². The Hall–Kier alpha value is -2.60. The van der Waals surface area contributed by atoms with Crippen molar-refractivity contribution in [3.8, 4) is 0 Å². The number of nitrogens with zero attached hydrogens (tertiary/aromatic N) is 3. The third-order valence-electron chi connectivity index (χ3n) is 5.34. The fourth-order valence-corrected chi connectivity index (χ4v) is 3.63. The van der Waals surface area contributed by atoms with E-state index in [1.807, 2.05) is 19.9 Å². The van der Waals surface area contributed by atoms with Gasteiger partial charge in [-0.1, -0.05) is 25.5 Å². The van der Waals surface area contributed by atoms with Gasteiger partial charge in [0, 0.05) is 23.4 Å². The molecule has 0 amide bonds. The topological polar surface area (TPSA) is 40.5 Å². The minimum atomic E-state index is -0.453. The number of amidine groups is 1. The zero-order chi connectivity index (χ0) is 21.5. The third kappa shape index (κ3) is 5.72. The Kier molecular flexibility index (Phi) is 7.69. The van der Waals surface area contributed by atoms with Gasteiger partial charge in [0.05, 0.1) is 11.9 Å². The molecule has 1 fully saturated rings. The van der Waals surface area contributed by atoms with Gasteiger partial charge in [-0.25, -0.2) is 8.78 Å². The second-order valence-electron chi connectivity index (χ2n) is 7.83. The highest BCUT2D eigenvalue weighted by Crippen LogP contribution is 2.29. The zero-order valence-corrected chi connectivity index (χ0v) is 18.0. The molecule has 2 aromatic rings. The van der Waals surface area contributed by atoms with Crippen molar-refractivity contribution in [3.05, 3.63) is 59.9 Å². The smallest absolute Gasteiger partial charge is 0.150 e. The van der Waals surface area contributed by atoms with E-state index in [9.17, 15) is 4.39 Å². The maximum atomic E-state index is 15.1. The van der Waals surface area contributed by atoms with E-state index in [0.717, 1.165) is 32.4 Å². The van der Waals surface area contributed by atoms with Gasteiger partial charge in [0.25, 0.3) is 0 Å². The number of benzene rings is 1. The van der Waals surface area contributed by atoms with Crippen LogP contribution in [0, 0.1) is 5.82 Å². The van der Waals surface area contributed by atoms with Gasteiger partial charge in [0.15, 0.2) is 0 Å². The Morgan fingerprint density at radius 2 is 2.10 bits per heavy atom. The molecule has 1 aromatic carbocycles. The van der Waals surface area contributed by atoms with E-state index < -0.39 is 11.6 Å². The standard InChI is InChI=1S/C24H30F2N4/c1-4-5-8-21(19-14-18-7-6-11-27-24(18)22(25)15-19)23(26)16-28-17(2)29-20-9-12-30(3)13-10-20/h6-8,11,14-16,20H,4-5,9-10,12-13H2,1-3H3,(H,28,29)/b21-8+,23-16+. The first-order valence-corrected chi connectivity index (χ1v) is 10.6. The number of piperidine rings is 1. The fourth-order valence-electron chi connectivity index (χ4n) is 3.63. The van der Waals surface area contributed by atoms with Crippen LogP contribution in [-0.4, -0.2) is 41.9 Å². The average molecular weight is 413 g/mol. The molecule has 1 aliphatic heterocycles. The summed E-state index contributed by atoms with van der Waals surface area (Å²) in [6.07, 6.45) is 8.27. The summed E-state index contributed by atoms with van der Waals surface area (Å²) >= 11 is 0. The number of hydrogen-bond donors (Lipinski definition) is 1. The fraction of sp³-hybridized carbons (Fsp3) is 0.417. The summed E-state index contributed by atoms with van der Waals surface area (Å²) in [5.74, 6) is -0.210. The van der Waals surface area contributed by atoms with Crippen LogP contribution < -0.4 is 5.32 Å². The number of unbranched alkanes of at least 4 members (excludes halogenated alkanes) is 1. The summed E-state index contributed by atoms with van der Waals surface area (Å²) < 4.78 is 29.7. The number of aromatic nitrogens is 1. The summed E-state index contributed by atoms with van der Waals surface area (Å²) in [6.45, 7) is 5.92. The van der Waals surface area contributed by atoms with Crippen LogP contribution in [0.15, 0.2) is 53.6 Å². The lowest BCUT2D eigenvalue weighted by Gasteiger charge is -2.26. The predicted octanol–water partition coefficient (Wildman–Crippen LogP) is 5.47. The number of halogens is 2. The lowest BCUT2D eigenvalue weighted by molar-refractivity contribution is 0.257. The van der Waals surface area contributed by atoms with Crippen LogP contribution in [0.1, 0.15) is 45.1 Å². The van der Waals surface area contributed by atoms with Crippen molar-refractivity contribution in [1.82, 2.24) is 15.2 Å². The molecule has 1 N–H and O–H groups in total. The number of nitrogens with one attached hydrogen (secondary N) is 1. The zero-order valence-electron chi connectivity index (χ0n) is 18.0. The number of allylic oxidation sites excluding steroid dienone is 3. The number of aliphatic imine (C=N–C) groups is 1. The van der Waals surface area contributed by atoms with E-state index in [-0.39, 0.29) is 6.04 Å². The quantitative estimate of drug-likeness (QED) is 0.389. The normalized spacial score (nSPS) is 17.6. The summed E-state index contributed by atoms with van der Waals surface area (Å²) in [4.78, 5) is 11.0. The van der Waals surface area contributed by atoms with Gasteiger partial charge in [-0.15, -0.1) is 0 Å². The Morgan fingerprint density at radius 1 is 1.33 bits per heavy atom. The molecule has 0 unspecified atom stereocenters. The molecule has 30 heavy (non-hydrogen) atoms. The van der Waals surface area contributed by atoms with Gasteiger partial charge in [0.1, 0.15) is 17.2 Å². The molecule has 1 saturated heterocycles. The van der Waals surface area contributed by atoms with Crippen molar-refractivity contribution in [2.24, 2.45) is 4.99 Å². The second kappa shape index (κ2) is 10.4. The number of pyridine rings is 1. The van der Waals surface area contributed by atoms with Crippen molar-refractivity contribution < 1.29 is 8.78 Å². The highest BCUT2D eigenvalue weighted by Gasteiger charge is 2.16. The van der Waals surface area contributed by atoms with Crippen LogP contribution in [0.5, 0.6) is 0 Å². The first kappa shape index (κ1) is 22.1. The number of fused-ring (bicyclic) bond motifs is 1. The molecule has 2 heterocycles. The SMILES string of the molecule is CCC/C=C(/C(F)=C\NC(C)=NC1CCN(C)CC1)c1cc(F)c2ncccc2c1. The van der Waals surface area contributed by atoms with E-state index in [1.165, 1.54) is 12.3 Å². The van der Waals surface area contributed by atoms with Crippen LogP contribution >= 0.6 is 0 Å². The lowest BCUT2D eigenvalue weighted by Crippen LogP contribution is -2.33. The van der Waals surface area contributed by atoms with Crippen LogP contribution in [-0.2, 0) is 0 Å². The predicted molar refractivity (Wildman–Crippen MR) is 121 cm³/mol. The van der Waals surface area contributed by atoms with E-state index >= 15 is 4.39 Å². The van der Waals surface area contributed by atoms with Gasteiger partial charge in [-0.05, 0) is 70.1 Å². The Balaban J connectivity index is 1.81. The molecule has 1 aliphatic rings. The van der Waals surface area contributed by atoms with E-state index in [0.29, 0.717) is 34.3 Å². The summed E-state index contributed by atoms with van der Waals surface area (Å²) in [5, 5.41) is 3.62. The first-order chi connectivity index (χ1) is 14.5. The maximum absolute atomic E-state index is 15.1. The Morgan fingerprint density at radius 3 is 2.83 bits per heavy atom. The number of likely N-dealkylation sites (tertiary alicyclic amines) is 1. The Labute approximate surface area is 177 Å². The second-order valence-corrected chi connectivity index (χ2v) is 7.83. The largest absolute Gasteiger partial charge is 0.348 e. The number of rotatable bonds is 6. The van der Waals surface area contributed by atoms with E-state index in [1.54, 1.807) is 24.4 Å². The maximum Gasteiger partial charge on any atom is 0.150 e.